The molecule has 0 N–H and O–H groups in total. The highest BCUT2D eigenvalue weighted by atomic mass is 32.3. The monoisotopic (exact) mass is 370 g/mol. The van der Waals surface area contributed by atoms with Crippen molar-refractivity contribution in [3.05, 3.63) is 103 Å². The average Bonchev–Trinajstić information content (AvgIpc) is 2.90. The zero-order valence-electron chi connectivity index (χ0n) is 14.7. The quantitative estimate of drug-likeness (QED) is 0.442. The second-order valence-corrected chi connectivity index (χ2v) is 9.18. The predicted molar refractivity (Wildman–Crippen MR) is 109 cm³/mol. The Morgan fingerprint density at radius 3 is 1.96 bits per heavy atom. The second-order valence-electron chi connectivity index (χ2n) is 6.43. The Morgan fingerprint density at radius 1 is 0.667 bits per heavy atom. The molecule has 2 aromatic carbocycles. The van der Waals surface area contributed by atoms with Gasteiger partial charge in [0.2, 0.25) is 0 Å². The first-order chi connectivity index (χ1) is 13.4. The fraction of sp³-hybridized carbons (Fsp3) is 0.0435. The number of fused-ring (bicyclic) bond motifs is 3. The maximum absolute atomic E-state index is 6.90. The molecule has 0 fully saturated rings. The molecule has 0 saturated carbocycles. The molecule has 3 nitrogen and oxygen atoms in total. The molecule has 1 aliphatic heterocycles. The van der Waals surface area contributed by atoms with Crippen LogP contribution in [0.5, 0.6) is 5.75 Å². The van der Waals surface area contributed by atoms with E-state index in [2.05, 4.69) is 64.6 Å². The summed E-state index contributed by atoms with van der Waals surface area (Å²) in [6.45, 7) is 0. The van der Waals surface area contributed by atoms with Gasteiger partial charge < -0.3 is 4.18 Å². The van der Waals surface area contributed by atoms with E-state index < -0.39 is 10.3 Å². The summed E-state index contributed by atoms with van der Waals surface area (Å²) in [4.78, 5) is 11.0. The van der Waals surface area contributed by atoms with Crippen molar-refractivity contribution in [2.24, 2.45) is 0 Å². The van der Waals surface area contributed by atoms with Crippen LogP contribution in [0, 0.1) is 0 Å². The van der Waals surface area contributed by atoms with Gasteiger partial charge in [0.1, 0.15) is 5.75 Å². The maximum Gasteiger partial charge on any atom is 0.143 e. The summed E-state index contributed by atoms with van der Waals surface area (Å²) in [5.74, 6) is 1.69. The molecule has 3 heterocycles. The highest BCUT2D eigenvalue weighted by Crippen LogP contribution is 2.67. The van der Waals surface area contributed by atoms with Crippen LogP contribution in [0.1, 0.15) is 5.56 Å². The van der Waals surface area contributed by atoms with Crippen molar-refractivity contribution < 1.29 is 4.18 Å². The van der Waals surface area contributed by atoms with Crippen LogP contribution in [-0.2, 0) is 5.75 Å². The van der Waals surface area contributed by atoms with Gasteiger partial charge in [0, 0.05) is 45.9 Å². The van der Waals surface area contributed by atoms with Crippen LogP contribution >= 0.6 is 10.3 Å². The van der Waals surface area contributed by atoms with Crippen LogP contribution in [-0.4, -0.2) is 9.97 Å². The molecule has 0 bridgehead atoms. The third kappa shape index (κ3) is 2.69. The van der Waals surface area contributed by atoms with Crippen LogP contribution in [0.2, 0.25) is 0 Å². The van der Waals surface area contributed by atoms with Crippen LogP contribution in [0.15, 0.2) is 107 Å². The second kappa shape index (κ2) is 6.56. The number of para-hydroxylation sites is 1. The number of hydrogen-bond acceptors (Lipinski definition) is 3. The molecule has 0 atom stereocenters. The molecule has 27 heavy (non-hydrogen) atoms. The average molecular weight is 370 g/mol. The van der Waals surface area contributed by atoms with Crippen molar-refractivity contribution in [3.63, 3.8) is 0 Å². The van der Waals surface area contributed by atoms with E-state index in [1.54, 1.807) is 12.4 Å². The zero-order chi connectivity index (χ0) is 18.1. The summed E-state index contributed by atoms with van der Waals surface area (Å²) in [6.07, 6.45) is 7.47. The number of nitrogens with zero attached hydrogens (tertiary/aromatic N) is 2. The summed E-state index contributed by atoms with van der Waals surface area (Å²) < 4.78 is 6.90. The van der Waals surface area contributed by atoms with Gasteiger partial charge in [0.15, 0.2) is 0 Å². The molecule has 1 aliphatic rings. The summed E-state index contributed by atoms with van der Waals surface area (Å²) in [6, 6.07) is 25.1. The van der Waals surface area contributed by atoms with Crippen molar-refractivity contribution >= 4 is 10.3 Å². The van der Waals surface area contributed by atoms with Crippen LogP contribution in [0.25, 0.3) is 11.1 Å². The third-order valence-electron chi connectivity index (χ3n) is 4.82. The summed E-state index contributed by atoms with van der Waals surface area (Å²) in [7, 11) is -1.84. The van der Waals surface area contributed by atoms with Gasteiger partial charge in [-0.05, 0) is 51.8 Å². The van der Waals surface area contributed by atoms with Crippen LogP contribution in [0.4, 0.5) is 0 Å². The summed E-state index contributed by atoms with van der Waals surface area (Å²) >= 11 is 0. The molecule has 4 heteroatoms. The number of hydrogen-bond donors (Lipinski definition) is 0. The van der Waals surface area contributed by atoms with Crippen molar-refractivity contribution in [1.29, 1.82) is 0 Å². The Kier molecular flexibility index (Phi) is 3.91. The van der Waals surface area contributed by atoms with Gasteiger partial charge in [-0.25, -0.2) is 0 Å². The summed E-state index contributed by atoms with van der Waals surface area (Å²) in [5.41, 5.74) is 3.65. The van der Waals surface area contributed by atoms with Gasteiger partial charge in [-0.15, -0.1) is 0 Å². The molecule has 5 rings (SSSR count). The Labute approximate surface area is 160 Å². The van der Waals surface area contributed by atoms with E-state index in [1.165, 1.54) is 11.1 Å². The van der Waals surface area contributed by atoms with Crippen LogP contribution < -0.4 is 4.18 Å². The fourth-order valence-corrected chi connectivity index (χ4v) is 6.61. The topological polar surface area (TPSA) is 35.0 Å². The SMILES string of the molecule is c1cncc(S2(c3cccnc3)Cc3ccccc3-c3ccccc3O2)c1. The van der Waals surface area contributed by atoms with Gasteiger partial charge in [-0.1, -0.05) is 42.5 Å². The fourth-order valence-electron chi connectivity index (χ4n) is 3.56. The van der Waals surface area contributed by atoms with E-state index in [0.717, 1.165) is 26.9 Å². The molecule has 0 amide bonds. The Morgan fingerprint density at radius 2 is 1.30 bits per heavy atom. The standard InChI is InChI=1S/C23H18N2OS/c1-2-10-21-18(7-1)17-27(19-8-5-13-24-15-19,20-9-6-14-25-16-20)26-23-12-4-3-11-22(21)23/h1-16H,17H2. The first-order valence-corrected chi connectivity index (χ1v) is 10.6. The predicted octanol–water partition coefficient (Wildman–Crippen LogP) is 5.87. The summed E-state index contributed by atoms with van der Waals surface area (Å²) in [5, 5.41) is 0. The molecule has 2 aromatic heterocycles. The van der Waals surface area contributed by atoms with E-state index in [4.69, 9.17) is 4.18 Å². The van der Waals surface area contributed by atoms with E-state index in [1.807, 2.05) is 30.6 Å². The highest BCUT2D eigenvalue weighted by molar-refractivity contribution is 8.29. The largest absolute Gasteiger partial charge is 0.439 e. The van der Waals surface area contributed by atoms with Gasteiger partial charge in [0.25, 0.3) is 0 Å². The van der Waals surface area contributed by atoms with E-state index in [0.29, 0.717) is 0 Å². The van der Waals surface area contributed by atoms with Crippen molar-refractivity contribution in [2.75, 3.05) is 0 Å². The molecule has 0 radical (unpaired) electrons. The molecule has 132 valence electrons. The molecule has 0 aliphatic carbocycles. The molecule has 4 aromatic rings. The first-order valence-electron chi connectivity index (χ1n) is 8.85. The lowest BCUT2D eigenvalue weighted by atomic mass is 10.00. The minimum atomic E-state index is -1.84. The van der Waals surface area contributed by atoms with E-state index >= 15 is 0 Å². The Hall–Kier alpha value is -3.11. The third-order valence-corrected chi connectivity index (χ3v) is 8.00. The molecule has 0 unspecified atom stereocenters. The van der Waals surface area contributed by atoms with E-state index in [9.17, 15) is 0 Å². The van der Waals surface area contributed by atoms with Gasteiger partial charge in [0.05, 0.1) is 0 Å². The Bertz CT molecular complexity index is 995. The number of benzene rings is 2. The normalized spacial score (nSPS) is 15.6. The molecular formula is C23H18N2OS. The van der Waals surface area contributed by atoms with Gasteiger partial charge in [-0.2, -0.15) is 0 Å². The smallest absolute Gasteiger partial charge is 0.143 e. The van der Waals surface area contributed by atoms with Crippen LogP contribution in [0.3, 0.4) is 0 Å². The lowest BCUT2D eigenvalue weighted by Gasteiger charge is -2.39. The number of rotatable bonds is 2. The Balaban J connectivity index is 1.83. The lowest BCUT2D eigenvalue weighted by Crippen LogP contribution is -2.12. The van der Waals surface area contributed by atoms with Gasteiger partial charge in [-0.3, -0.25) is 9.97 Å². The molecule has 0 saturated heterocycles. The lowest BCUT2D eigenvalue weighted by molar-refractivity contribution is 0.615. The van der Waals surface area contributed by atoms with E-state index in [-0.39, 0.29) is 0 Å². The minimum Gasteiger partial charge on any atom is -0.439 e. The first kappa shape index (κ1) is 16.1. The van der Waals surface area contributed by atoms with Crippen molar-refractivity contribution in [1.82, 2.24) is 9.97 Å². The molecule has 0 spiro atoms. The number of pyridine rings is 2. The highest BCUT2D eigenvalue weighted by Gasteiger charge is 2.36. The van der Waals surface area contributed by atoms with Gasteiger partial charge >= 0.3 is 0 Å². The number of aromatic nitrogens is 2. The minimum absolute atomic E-state index is 0.787. The molecular weight excluding hydrogens is 352 g/mol. The van der Waals surface area contributed by atoms with Crippen molar-refractivity contribution in [3.8, 4) is 16.9 Å². The zero-order valence-corrected chi connectivity index (χ0v) is 15.5. The maximum atomic E-state index is 6.90. The van der Waals surface area contributed by atoms with Crippen molar-refractivity contribution in [2.45, 2.75) is 15.5 Å².